The number of rotatable bonds is 3. The Bertz CT molecular complexity index is 246. The van der Waals surface area contributed by atoms with Crippen molar-refractivity contribution < 1.29 is 10.3 Å². The van der Waals surface area contributed by atoms with Gasteiger partial charge >= 0.3 is 0 Å². The fourth-order valence-corrected chi connectivity index (χ4v) is 0.958. The topological polar surface area (TPSA) is 52.8 Å². The third-order valence-corrected chi connectivity index (χ3v) is 1.59. The third kappa shape index (κ3) is 2.36. The molecule has 0 heterocycles. The van der Waals surface area contributed by atoms with Gasteiger partial charge in [0, 0.05) is 12.6 Å². The average Bonchev–Trinajstić information content (AvgIpc) is 2.15. The Balaban J connectivity index is 2.59. The molecule has 12 heavy (non-hydrogen) atoms. The Hall–Kier alpha value is -1.35. The van der Waals surface area contributed by atoms with Crippen molar-refractivity contribution in [3.05, 3.63) is 35.9 Å². The lowest BCUT2D eigenvalue weighted by molar-refractivity contribution is 0.186. The van der Waals surface area contributed by atoms with E-state index in [9.17, 15) is 5.11 Å². The van der Waals surface area contributed by atoms with Crippen LogP contribution in [0.5, 0.6) is 0 Å². The predicted molar refractivity (Wildman–Crippen MR) is 46.3 cm³/mol. The molecule has 64 valence electrons. The Morgan fingerprint density at radius 2 is 2.00 bits per heavy atom. The molecule has 0 radical (unpaired) electrons. The second-order valence-electron chi connectivity index (χ2n) is 2.46. The van der Waals surface area contributed by atoms with Crippen LogP contribution in [0, 0.1) is 0 Å². The molecule has 1 rings (SSSR count). The van der Waals surface area contributed by atoms with Gasteiger partial charge in [0.05, 0.1) is 6.10 Å². The smallest absolute Gasteiger partial charge is 0.0840 e. The van der Waals surface area contributed by atoms with E-state index in [0.29, 0.717) is 6.42 Å². The molecule has 3 heteroatoms. The number of aliphatic hydroxyl groups excluding tert-OH is 1. The predicted octanol–water partition coefficient (Wildman–Crippen LogP) is 1.57. The van der Waals surface area contributed by atoms with Gasteiger partial charge in [-0.3, -0.25) is 0 Å². The molecule has 0 aliphatic rings. The summed E-state index contributed by atoms with van der Waals surface area (Å²) in [5, 5.41) is 20.4. The number of nitrogens with zero attached hydrogens (tertiary/aromatic N) is 1. The summed E-state index contributed by atoms with van der Waals surface area (Å²) in [5.74, 6) is 0. The average molecular weight is 165 g/mol. The number of benzene rings is 1. The highest BCUT2D eigenvalue weighted by Crippen LogP contribution is 2.13. The quantitative estimate of drug-likeness (QED) is 0.406. The van der Waals surface area contributed by atoms with Gasteiger partial charge in [-0.25, -0.2) is 0 Å². The normalized spacial score (nSPS) is 13.4. The van der Waals surface area contributed by atoms with Gasteiger partial charge in [-0.15, -0.1) is 5.16 Å². The molecule has 0 saturated carbocycles. The van der Waals surface area contributed by atoms with E-state index in [2.05, 4.69) is 5.16 Å². The van der Waals surface area contributed by atoms with E-state index < -0.39 is 6.10 Å². The van der Waals surface area contributed by atoms with Crippen LogP contribution in [0.25, 0.3) is 0 Å². The Morgan fingerprint density at radius 3 is 2.58 bits per heavy atom. The van der Waals surface area contributed by atoms with Crippen molar-refractivity contribution in [2.24, 2.45) is 5.16 Å². The van der Waals surface area contributed by atoms with Crippen LogP contribution in [0.15, 0.2) is 35.5 Å². The second kappa shape index (κ2) is 4.51. The van der Waals surface area contributed by atoms with Crippen LogP contribution in [-0.2, 0) is 0 Å². The van der Waals surface area contributed by atoms with E-state index in [4.69, 9.17) is 5.21 Å². The van der Waals surface area contributed by atoms with Crippen LogP contribution in [0.1, 0.15) is 18.1 Å². The summed E-state index contributed by atoms with van der Waals surface area (Å²) in [5.41, 5.74) is 0.831. The van der Waals surface area contributed by atoms with Crippen molar-refractivity contribution in [1.29, 1.82) is 0 Å². The zero-order valence-corrected chi connectivity index (χ0v) is 6.59. The van der Waals surface area contributed by atoms with E-state index in [0.717, 1.165) is 5.56 Å². The molecule has 0 spiro atoms. The van der Waals surface area contributed by atoms with Crippen LogP contribution in [0.3, 0.4) is 0 Å². The summed E-state index contributed by atoms with van der Waals surface area (Å²) in [6.07, 6.45) is 1.03. The third-order valence-electron chi connectivity index (χ3n) is 1.59. The Morgan fingerprint density at radius 1 is 1.33 bits per heavy atom. The van der Waals surface area contributed by atoms with E-state index in [1.165, 1.54) is 6.21 Å². The molecule has 0 aliphatic heterocycles. The minimum absolute atomic E-state index is 0.334. The highest BCUT2D eigenvalue weighted by Gasteiger charge is 2.03. The van der Waals surface area contributed by atoms with Crippen LogP contribution >= 0.6 is 0 Å². The lowest BCUT2D eigenvalue weighted by Crippen LogP contribution is -1.97. The molecule has 1 atom stereocenters. The molecule has 1 aromatic carbocycles. The van der Waals surface area contributed by atoms with Crippen LogP contribution in [-0.4, -0.2) is 16.5 Å². The summed E-state index contributed by atoms with van der Waals surface area (Å²) in [6, 6.07) is 9.26. The van der Waals surface area contributed by atoms with Gasteiger partial charge < -0.3 is 10.3 Å². The van der Waals surface area contributed by atoms with E-state index in [1.54, 1.807) is 0 Å². The molecule has 2 N–H and O–H groups in total. The molecule has 0 amide bonds. The maximum absolute atomic E-state index is 9.45. The van der Waals surface area contributed by atoms with E-state index >= 15 is 0 Å². The highest BCUT2D eigenvalue weighted by atomic mass is 16.4. The molecule has 0 bridgehead atoms. The molecule has 1 aromatic rings. The highest BCUT2D eigenvalue weighted by molar-refractivity contribution is 5.57. The van der Waals surface area contributed by atoms with Gasteiger partial charge in [0.2, 0.25) is 0 Å². The first-order valence-corrected chi connectivity index (χ1v) is 3.73. The first kappa shape index (κ1) is 8.74. The molecule has 1 unspecified atom stereocenters. The zero-order valence-electron chi connectivity index (χ0n) is 6.59. The molecular weight excluding hydrogens is 154 g/mol. The Kier molecular flexibility index (Phi) is 3.29. The molecule has 0 aliphatic carbocycles. The van der Waals surface area contributed by atoms with Crippen LogP contribution < -0.4 is 0 Å². The maximum atomic E-state index is 9.45. The molecule has 3 nitrogen and oxygen atoms in total. The zero-order chi connectivity index (χ0) is 8.81. The fraction of sp³-hybridized carbons (Fsp3) is 0.222. The Labute approximate surface area is 71.0 Å². The SMILES string of the molecule is O/N=C/CC(O)c1ccccc1. The van der Waals surface area contributed by atoms with Gasteiger partial charge in [-0.2, -0.15) is 0 Å². The summed E-state index contributed by atoms with van der Waals surface area (Å²) >= 11 is 0. The van der Waals surface area contributed by atoms with Gasteiger partial charge in [-0.05, 0) is 5.56 Å². The maximum Gasteiger partial charge on any atom is 0.0840 e. The van der Waals surface area contributed by atoms with Crippen molar-refractivity contribution in [2.45, 2.75) is 12.5 Å². The standard InChI is InChI=1S/C9H11NO2/c11-9(6-7-10-12)8-4-2-1-3-5-8/h1-5,7,9,11-12H,6H2/b10-7+. The van der Waals surface area contributed by atoms with Crippen molar-refractivity contribution in [3.8, 4) is 0 Å². The van der Waals surface area contributed by atoms with Gasteiger partial charge in [0.1, 0.15) is 0 Å². The summed E-state index contributed by atoms with van der Waals surface area (Å²) in [4.78, 5) is 0. The van der Waals surface area contributed by atoms with Gasteiger partial charge in [0.25, 0.3) is 0 Å². The first-order chi connectivity index (χ1) is 5.84. The van der Waals surface area contributed by atoms with E-state index in [-0.39, 0.29) is 0 Å². The summed E-state index contributed by atoms with van der Waals surface area (Å²) in [6.45, 7) is 0. The lowest BCUT2D eigenvalue weighted by Gasteiger charge is -2.06. The largest absolute Gasteiger partial charge is 0.411 e. The van der Waals surface area contributed by atoms with Crippen molar-refractivity contribution in [2.75, 3.05) is 0 Å². The van der Waals surface area contributed by atoms with Crippen molar-refractivity contribution in [3.63, 3.8) is 0 Å². The minimum atomic E-state index is -0.581. The lowest BCUT2D eigenvalue weighted by atomic mass is 10.1. The number of hydrogen-bond donors (Lipinski definition) is 2. The summed E-state index contributed by atoms with van der Waals surface area (Å²) in [7, 11) is 0. The first-order valence-electron chi connectivity index (χ1n) is 3.73. The van der Waals surface area contributed by atoms with Crippen LogP contribution in [0.4, 0.5) is 0 Å². The van der Waals surface area contributed by atoms with Gasteiger partial charge in [-0.1, -0.05) is 30.3 Å². The summed E-state index contributed by atoms with van der Waals surface area (Å²) < 4.78 is 0. The molecule has 0 fully saturated rings. The van der Waals surface area contributed by atoms with Gasteiger partial charge in [0.15, 0.2) is 0 Å². The van der Waals surface area contributed by atoms with Crippen molar-refractivity contribution in [1.82, 2.24) is 0 Å². The van der Waals surface area contributed by atoms with Crippen LogP contribution in [0.2, 0.25) is 0 Å². The number of oxime groups is 1. The molecule has 0 aromatic heterocycles. The second-order valence-corrected chi connectivity index (χ2v) is 2.46. The number of hydrogen-bond acceptors (Lipinski definition) is 3. The fourth-order valence-electron chi connectivity index (χ4n) is 0.958. The van der Waals surface area contributed by atoms with Crippen molar-refractivity contribution >= 4 is 6.21 Å². The molecular formula is C9H11NO2. The van der Waals surface area contributed by atoms with E-state index in [1.807, 2.05) is 30.3 Å². The minimum Gasteiger partial charge on any atom is -0.411 e. The number of aliphatic hydroxyl groups is 1. The molecule has 0 saturated heterocycles. The monoisotopic (exact) mass is 165 g/mol.